The third-order valence-corrected chi connectivity index (χ3v) is 5.11. The molecule has 1 N–H and O–H groups in total. The zero-order valence-corrected chi connectivity index (χ0v) is 16.9. The number of nitrogens with one attached hydrogen (secondary N) is 1. The van der Waals surface area contributed by atoms with Crippen LogP contribution in [0.25, 0.3) is 11.1 Å². The number of nitrogens with zero attached hydrogens (tertiary/aromatic N) is 2. The van der Waals surface area contributed by atoms with Crippen LogP contribution in [0.1, 0.15) is 18.4 Å². The topological polar surface area (TPSA) is 82.4 Å². The molecule has 0 saturated carbocycles. The van der Waals surface area contributed by atoms with Crippen LogP contribution in [0.2, 0.25) is 0 Å². The Labute approximate surface area is 180 Å². The van der Waals surface area contributed by atoms with Gasteiger partial charge in [0.2, 0.25) is 5.91 Å². The fourth-order valence-corrected chi connectivity index (χ4v) is 3.47. The molecule has 1 aliphatic rings. The van der Waals surface area contributed by atoms with Crippen LogP contribution in [-0.4, -0.2) is 25.0 Å². The van der Waals surface area contributed by atoms with Gasteiger partial charge in [0.25, 0.3) is 5.91 Å². The summed E-state index contributed by atoms with van der Waals surface area (Å²) < 4.78 is 5.58. The molecule has 0 aliphatic carbocycles. The van der Waals surface area contributed by atoms with Crippen molar-refractivity contribution in [3.8, 4) is 22.9 Å². The Hall–Kier alpha value is -4.11. The first-order chi connectivity index (χ1) is 15.1. The van der Waals surface area contributed by atoms with Gasteiger partial charge in [0.1, 0.15) is 5.75 Å². The van der Waals surface area contributed by atoms with E-state index in [9.17, 15) is 9.59 Å². The molecule has 0 spiro atoms. The molecule has 0 unspecified atom stereocenters. The van der Waals surface area contributed by atoms with Gasteiger partial charge in [-0.3, -0.25) is 9.59 Å². The first-order valence-corrected chi connectivity index (χ1v) is 10.1. The minimum atomic E-state index is -0.263. The molecule has 154 valence electrons. The number of amides is 2. The van der Waals surface area contributed by atoms with E-state index in [1.807, 2.05) is 48.5 Å². The first kappa shape index (κ1) is 20.2. The molecule has 6 heteroatoms. The molecule has 1 heterocycles. The van der Waals surface area contributed by atoms with Gasteiger partial charge in [-0.25, -0.2) is 0 Å². The molecule has 1 fully saturated rings. The van der Waals surface area contributed by atoms with Crippen LogP contribution in [0.5, 0.6) is 5.75 Å². The summed E-state index contributed by atoms with van der Waals surface area (Å²) in [6.45, 7) is 0.630. The molecular weight excluding hydrogens is 390 g/mol. The van der Waals surface area contributed by atoms with Crippen LogP contribution >= 0.6 is 0 Å². The minimum absolute atomic E-state index is 0.109. The Morgan fingerprint density at radius 2 is 1.61 bits per heavy atom. The molecule has 3 aromatic rings. The van der Waals surface area contributed by atoms with Crippen molar-refractivity contribution in [2.24, 2.45) is 0 Å². The maximum atomic E-state index is 12.2. The molecule has 4 rings (SSSR count). The van der Waals surface area contributed by atoms with E-state index in [1.165, 1.54) is 0 Å². The molecule has 31 heavy (non-hydrogen) atoms. The van der Waals surface area contributed by atoms with E-state index in [0.717, 1.165) is 29.8 Å². The molecule has 1 aliphatic heterocycles. The van der Waals surface area contributed by atoms with E-state index in [-0.39, 0.29) is 18.4 Å². The Kier molecular flexibility index (Phi) is 5.95. The molecule has 6 nitrogen and oxygen atoms in total. The summed E-state index contributed by atoms with van der Waals surface area (Å²) in [4.78, 5) is 25.8. The first-order valence-electron chi connectivity index (χ1n) is 10.1. The Bertz CT molecular complexity index is 1110. The van der Waals surface area contributed by atoms with Crippen LogP contribution in [0.4, 0.5) is 11.4 Å². The summed E-state index contributed by atoms with van der Waals surface area (Å²) in [5, 5.41) is 11.7. The van der Waals surface area contributed by atoms with Crippen LogP contribution in [0.3, 0.4) is 0 Å². The number of hydrogen-bond acceptors (Lipinski definition) is 4. The Balaban J connectivity index is 1.29. The monoisotopic (exact) mass is 411 g/mol. The molecule has 1 saturated heterocycles. The largest absolute Gasteiger partial charge is 0.484 e. The van der Waals surface area contributed by atoms with Crippen LogP contribution in [0.15, 0.2) is 72.8 Å². The van der Waals surface area contributed by atoms with Crippen LogP contribution in [0, 0.1) is 11.3 Å². The quantitative estimate of drug-likeness (QED) is 0.653. The molecule has 0 atom stereocenters. The number of ether oxygens (including phenoxy) is 1. The zero-order chi connectivity index (χ0) is 21.6. The lowest BCUT2D eigenvalue weighted by Crippen LogP contribution is -2.23. The van der Waals surface area contributed by atoms with Crippen molar-refractivity contribution in [2.45, 2.75) is 12.8 Å². The number of rotatable bonds is 6. The standard InChI is InChI=1S/C25H21N3O3/c26-16-18-3-5-19(6-4-18)20-7-13-23(14-8-20)31-17-24(29)27-21-9-11-22(12-10-21)28-15-1-2-25(28)30/h3-14H,1-2,15,17H2,(H,27,29). The van der Waals surface area contributed by atoms with Gasteiger partial charge in [0.05, 0.1) is 11.6 Å². The van der Waals surface area contributed by atoms with Gasteiger partial charge < -0.3 is 15.0 Å². The van der Waals surface area contributed by atoms with Crippen molar-refractivity contribution >= 4 is 23.2 Å². The fourth-order valence-electron chi connectivity index (χ4n) is 3.47. The maximum absolute atomic E-state index is 12.2. The SMILES string of the molecule is N#Cc1ccc(-c2ccc(OCC(=O)Nc3ccc(N4CCCC4=O)cc3)cc2)cc1. The molecule has 0 aromatic heterocycles. The third-order valence-electron chi connectivity index (χ3n) is 5.11. The van der Waals surface area contributed by atoms with Crippen molar-refractivity contribution in [3.05, 3.63) is 78.4 Å². The summed E-state index contributed by atoms with van der Waals surface area (Å²) in [6, 6.07) is 24.1. The third kappa shape index (κ3) is 4.90. The number of anilines is 2. The van der Waals surface area contributed by atoms with Crippen molar-refractivity contribution < 1.29 is 14.3 Å². The minimum Gasteiger partial charge on any atom is -0.484 e. The van der Waals surface area contributed by atoms with Gasteiger partial charge in [-0.05, 0) is 66.1 Å². The summed E-state index contributed by atoms with van der Waals surface area (Å²) in [5.74, 6) is 0.465. The van der Waals surface area contributed by atoms with E-state index in [1.54, 1.807) is 29.2 Å². The van der Waals surface area contributed by atoms with Crippen LogP contribution in [-0.2, 0) is 9.59 Å². The summed E-state index contributed by atoms with van der Waals surface area (Å²) >= 11 is 0. The average Bonchev–Trinajstić information content (AvgIpc) is 3.24. The number of hydrogen-bond donors (Lipinski definition) is 1. The molecule has 2 amide bonds. The summed E-state index contributed by atoms with van der Waals surface area (Å²) in [7, 11) is 0. The van der Waals surface area contributed by atoms with Crippen molar-refractivity contribution in [1.29, 1.82) is 5.26 Å². The lowest BCUT2D eigenvalue weighted by atomic mass is 10.0. The lowest BCUT2D eigenvalue weighted by Gasteiger charge is -2.16. The number of benzene rings is 3. The number of carbonyl (C=O) groups excluding carboxylic acids is 2. The Morgan fingerprint density at radius 3 is 2.19 bits per heavy atom. The fraction of sp³-hybridized carbons (Fsp3) is 0.160. The van der Waals surface area contributed by atoms with E-state index < -0.39 is 0 Å². The lowest BCUT2D eigenvalue weighted by molar-refractivity contribution is -0.118. The molecule has 3 aromatic carbocycles. The van der Waals surface area contributed by atoms with E-state index >= 15 is 0 Å². The van der Waals surface area contributed by atoms with Gasteiger partial charge in [0, 0.05) is 24.3 Å². The second kappa shape index (κ2) is 9.14. The molecule has 0 bridgehead atoms. The highest BCUT2D eigenvalue weighted by atomic mass is 16.5. The second-order valence-electron chi connectivity index (χ2n) is 7.25. The Morgan fingerprint density at radius 1 is 0.968 bits per heavy atom. The predicted octanol–water partition coefficient (Wildman–Crippen LogP) is 4.37. The van der Waals surface area contributed by atoms with Crippen molar-refractivity contribution in [3.63, 3.8) is 0 Å². The van der Waals surface area contributed by atoms with Gasteiger partial charge in [-0.2, -0.15) is 5.26 Å². The number of carbonyl (C=O) groups is 2. The average molecular weight is 411 g/mol. The highest BCUT2D eigenvalue weighted by Gasteiger charge is 2.21. The van der Waals surface area contributed by atoms with Crippen LogP contribution < -0.4 is 15.0 Å². The summed E-state index contributed by atoms with van der Waals surface area (Å²) in [6.07, 6.45) is 1.47. The van der Waals surface area contributed by atoms with Gasteiger partial charge in [-0.1, -0.05) is 24.3 Å². The predicted molar refractivity (Wildman–Crippen MR) is 119 cm³/mol. The smallest absolute Gasteiger partial charge is 0.262 e. The van der Waals surface area contributed by atoms with E-state index in [0.29, 0.717) is 23.4 Å². The van der Waals surface area contributed by atoms with Gasteiger partial charge in [0.15, 0.2) is 6.61 Å². The second-order valence-corrected chi connectivity index (χ2v) is 7.25. The van der Waals surface area contributed by atoms with Gasteiger partial charge >= 0.3 is 0 Å². The normalized spacial score (nSPS) is 13.0. The number of nitriles is 1. The highest BCUT2D eigenvalue weighted by Crippen LogP contribution is 2.24. The molecule has 0 radical (unpaired) electrons. The van der Waals surface area contributed by atoms with Gasteiger partial charge in [-0.15, -0.1) is 0 Å². The molecular formula is C25H21N3O3. The van der Waals surface area contributed by atoms with E-state index in [4.69, 9.17) is 10.00 Å². The summed E-state index contributed by atoms with van der Waals surface area (Å²) in [5.41, 5.74) is 4.12. The maximum Gasteiger partial charge on any atom is 0.262 e. The van der Waals surface area contributed by atoms with Crippen molar-refractivity contribution in [2.75, 3.05) is 23.4 Å². The van der Waals surface area contributed by atoms with Crippen molar-refractivity contribution in [1.82, 2.24) is 0 Å². The highest BCUT2D eigenvalue weighted by molar-refractivity contribution is 5.96. The van der Waals surface area contributed by atoms with E-state index in [2.05, 4.69) is 11.4 Å². The zero-order valence-electron chi connectivity index (χ0n) is 16.9.